The van der Waals surface area contributed by atoms with E-state index in [0.29, 0.717) is 6.04 Å². The van der Waals surface area contributed by atoms with Crippen LogP contribution in [-0.4, -0.2) is 6.04 Å². The molecule has 78 valence electrons. The van der Waals surface area contributed by atoms with Crippen molar-refractivity contribution in [1.82, 2.24) is 5.32 Å². The third kappa shape index (κ3) is 2.92. The van der Waals surface area contributed by atoms with Crippen molar-refractivity contribution in [3.05, 3.63) is 34.0 Å². The molecule has 15 heavy (non-hydrogen) atoms. The number of hydrogen-bond acceptors (Lipinski definition) is 3. The fourth-order valence-electron chi connectivity index (χ4n) is 1.76. The highest BCUT2D eigenvalue weighted by Crippen LogP contribution is 2.15. The maximum Gasteiger partial charge on any atom is 0.100 e. The smallest absolute Gasteiger partial charge is 0.100 e. The summed E-state index contributed by atoms with van der Waals surface area (Å²) in [5, 5.41) is 14.1. The van der Waals surface area contributed by atoms with E-state index in [1.54, 1.807) is 11.3 Å². The quantitative estimate of drug-likeness (QED) is 0.792. The van der Waals surface area contributed by atoms with Gasteiger partial charge in [-0.15, -0.1) is 11.3 Å². The molecule has 2 nitrogen and oxygen atoms in total. The lowest BCUT2D eigenvalue weighted by molar-refractivity contribution is 0.476. The van der Waals surface area contributed by atoms with E-state index in [1.165, 1.54) is 17.7 Å². The Labute approximate surface area is 94.2 Å². The summed E-state index contributed by atoms with van der Waals surface area (Å²) in [5.74, 6) is 0. The fraction of sp³-hybridized carbons (Fsp3) is 0.417. The molecule has 0 aliphatic heterocycles. The summed E-state index contributed by atoms with van der Waals surface area (Å²) >= 11 is 1.66. The average molecular weight is 218 g/mol. The summed E-state index contributed by atoms with van der Waals surface area (Å²) in [6.45, 7) is 0.894. The first kappa shape index (κ1) is 10.4. The minimum Gasteiger partial charge on any atom is -0.309 e. The van der Waals surface area contributed by atoms with Gasteiger partial charge in [-0.2, -0.15) is 5.26 Å². The van der Waals surface area contributed by atoms with E-state index in [9.17, 15) is 0 Å². The largest absolute Gasteiger partial charge is 0.309 e. The number of thiophene rings is 1. The molecule has 1 aliphatic carbocycles. The van der Waals surface area contributed by atoms with Crippen LogP contribution < -0.4 is 5.32 Å². The van der Waals surface area contributed by atoms with Gasteiger partial charge in [-0.05, 0) is 25.3 Å². The zero-order valence-corrected chi connectivity index (χ0v) is 9.39. The molecule has 0 fully saturated rings. The number of rotatable bonds is 3. The van der Waals surface area contributed by atoms with Crippen molar-refractivity contribution < 1.29 is 0 Å². The lowest BCUT2D eigenvalue weighted by atomic mass is 10.0. The van der Waals surface area contributed by atoms with Gasteiger partial charge in [-0.3, -0.25) is 0 Å². The van der Waals surface area contributed by atoms with Gasteiger partial charge in [-0.25, -0.2) is 0 Å². The van der Waals surface area contributed by atoms with Crippen LogP contribution in [0.5, 0.6) is 0 Å². The Kier molecular flexibility index (Phi) is 3.54. The second-order valence-electron chi connectivity index (χ2n) is 3.78. The van der Waals surface area contributed by atoms with Crippen LogP contribution in [0, 0.1) is 11.3 Å². The number of allylic oxidation sites excluding steroid dienone is 1. The fourth-order valence-corrected chi connectivity index (χ4v) is 2.52. The minimum absolute atomic E-state index is 0.614. The van der Waals surface area contributed by atoms with Crippen LogP contribution in [0.3, 0.4) is 0 Å². The van der Waals surface area contributed by atoms with E-state index < -0.39 is 0 Å². The van der Waals surface area contributed by atoms with Crippen molar-refractivity contribution in [3.8, 4) is 6.07 Å². The Balaban J connectivity index is 1.82. The van der Waals surface area contributed by atoms with E-state index in [0.717, 1.165) is 18.5 Å². The molecule has 1 aromatic heterocycles. The Morgan fingerprint density at radius 3 is 3.13 bits per heavy atom. The van der Waals surface area contributed by atoms with E-state index in [1.807, 2.05) is 11.4 Å². The van der Waals surface area contributed by atoms with Crippen molar-refractivity contribution >= 4 is 11.3 Å². The highest BCUT2D eigenvalue weighted by molar-refractivity contribution is 7.10. The summed E-state index contributed by atoms with van der Waals surface area (Å²) in [4.78, 5) is 1.25. The molecule has 1 heterocycles. The number of nitrogens with one attached hydrogen (secondary N) is 1. The monoisotopic (exact) mass is 218 g/mol. The molecule has 1 N–H and O–H groups in total. The highest BCUT2D eigenvalue weighted by Gasteiger charge is 2.09. The summed E-state index contributed by atoms with van der Waals surface area (Å²) in [7, 11) is 0. The first-order valence-corrected chi connectivity index (χ1v) is 6.12. The molecule has 0 saturated carbocycles. The van der Waals surface area contributed by atoms with Gasteiger partial charge >= 0.3 is 0 Å². The summed E-state index contributed by atoms with van der Waals surface area (Å²) in [6, 6.07) is 4.74. The van der Waals surface area contributed by atoms with E-state index in [4.69, 9.17) is 5.26 Å². The molecule has 0 bridgehead atoms. The van der Waals surface area contributed by atoms with Gasteiger partial charge in [0.25, 0.3) is 0 Å². The molecule has 2 rings (SSSR count). The summed E-state index contributed by atoms with van der Waals surface area (Å²) in [6.07, 6.45) is 8.04. The molecule has 1 aromatic rings. The molecule has 0 amide bonds. The van der Waals surface area contributed by atoms with Crippen molar-refractivity contribution in [2.24, 2.45) is 0 Å². The highest BCUT2D eigenvalue weighted by atomic mass is 32.1. The van der Waals surface area contributed by atoms with Gasteiger partial charge in [0.15, 0.2) is 0 Å². The zero-order valence-electron chi connectivity index (χ0n) is 8.57. The van der Waals surface area contributed by atoms with Crippen LogP contribution in [0.2, 0.25) is 0 Å². The van der Waals surface area contributed by atoms with Crippen LogP contribution in [0.15, 0.2) is 23.6 Å². The number of hydrogen-bond donors (Lipinski definition) is 1. The molecular formula is C12H14N2S. The molecule has 0 spiro atoms. The van der Waals surface area contributed by atoms with E-state index in [-0.39, 0.29) is 0 Å². The predicted octanol–water partition coefficient (Wildman–Crippen LogP) is 2.82. The SMILES string of the molecule is N#Cc1csc(CNC2CC=CCC2)c1. The lowest BCUT2D eigenvalue weighted by Crippen LogP contribution is -2.28. The molecule has 0 radical (unpaired) electrons. The van der Waals surface area contributed by atoms with Crippen molar-refractivity contribution in [2.45, 2.75) is 31.8 Å². The second kappa shape index (κ2) is 5.11. The molecular weight excluding hydrogens is 204 g/mol. The van der Waals surface area contributed by atoms with Crippen LogP contribution in [-0.2, 0) is 6.54 Å². The first-order chi connectivity index (χ1) is 7.38. The predicted molar refractivity (Wildman–Crippen MR) is 62.7 cm³/mol. The molecule has 0 aromatic carbocycles. The van der Waals surface area contributed by atoms with E-state index in [2.05, 4.69) is 23.5 Å². The third-order valence-corrected chi connectivity index (χ3v) is 3.55. The van der Waals surface area contributed by atoms with Gasteiger partial charge in [0.2, 0.25) is 0 Å². The first-order valence-electron chi connectivity index (χ1n) is 5.24. The average Bonchev–Trinajstić information content (AvgIpc) is 2.76. The molecule has 3 heteroatoms. The van der Waals surface area contributed by atoms with Crippen LogP contribution in [0.4, 0.5) is 0 Å². The normalized spacial score (nSPS) is 20.1. The topological polar surface area (TPSA) is 35.8 Å². The Morgan fingerprint density at radius 2 is 2.47 bits per heavy atom. The molecule has 0 saturated heterocycles. The van der Waals surface area contributed by atoms with Gasteiger partial charge in [0.1, 0.15) is 6.07 Å². The van der Waals surface area contributed by atoms with Crippen molar-refractivity contribution in [2.75, 3.05) is 0 Å². The molecule has 1 aliphatic rings. The zero-order chi connectivity index (χ0) is 10.5. The summed E-state index contributed by atoms with van der Waals surface area (Å²) in [5.41, 5.74) is 0.778. The van der Waals surface area contributed by atoms with Crippen molar-refractivity contribution in [3.63, 3.8) is 0 Å². The van der Waals surface area contributed by atoms with Crippen LogP contribution in [0.1, 0.15) is 29.7 Å². The molecule has 1 unspecified atom stereocenters. The van der Waals surface area contributed by atoms with Gasteiger partial charge < -0.3 is 5.32 Å². The Bertz CT molecular complexity index is 387. The number of nitriles is 1. The van der Waals surface area contributed by atoms with Crippen LogP contribution in [0.25, 0.3) is 0 Å². The maximum atomic E-state index is 8.69. The van der Waals surface area contributed by atoms with Crippen LogP contribution >= 0.6 is 11.3 Å². The Hall–Kier alpha value is -1.11. The maximum absolute atomic E-state index is 8.69. The van der Waals surface area contributed by atoms with Gasteiger partial charge in [-0.1, -0.05) is 12.2 Å². The summed E-state index contributed by atoms with van der Waals surface area (Å²) < 4.78 is 0. The standard InChI is InChI=1S/C12H14N2S/c13-7-10-6-12(15-9-10)8-14-11-4-2-1-3-5-11/h1-2,6,9,11,14H,3-5,8H2. The third-order valence-electron chi connectivity index (χ3n) is 2.62. The van der Waals surface area contributed by atoms with Gasteiger partial charge in [0.05, 0.1) is 5.56 Å². The van der Waals surface area contributed by atoms with Gasteiger partial charge in [0, 0.05) is 22.8 Å². The molecule has 1 atom stereocenters. The minimum atomic E-state index is 0.614. The van der Waals surface area contributed by atoms with E-state index >= 15 is 0 Å². The van der Waals surface area contributed by atoms with Crippen molar-refractivity contribution in [1.29, 1.82) is 5.26 Å². The number of nitrogens with zero attached hydrogens (tertiary/aromatic N) is 1. The second-order valence-corrected chi connectivity index (χ2v) is 4.77. The Morgan fingerprint density at radius 1 is 1.53 bits per heavy atom. The lowest BCUT2D eigenvalue weighted by Gasteiger charge is -2.18.